The molecule has 0 spiro atoms. The van der Waals surface area contributed by atoms with Crippen molar-refractivity contribution in [2.75, 3.05) is 0 Å². The fraction of sp³-hybridized carbons (Fsp3) is 0.800. The molecular weight excluding hydrogens is 212 g/mol. The number of carboxylic acid groups (broad SMARTS) is 2. The summed E-state index contributed by atoms with van der Waals surface area (Å²) in [6, 6.07) is 0.259. The molecule has 6 heteroatoms. The summed E-state index contributed by atoms with van der Waals surface area (Å²) >= 11 is 0. The predicted molar refractivity (Wildman–Crippen MR) is 61.0 cm³/mol. The van der Waals surface area contributed by atoms with Crippen molar-refractivity contribution in [2.45, 2.75) is 51.6 Å². The van der Waals surface area contributed by atoms with Gasteiger partial charge in [-0.25, -0.2) is 0 Å². The van der Waals surface area contributed by atoms with Gasteiger partial charge in [-0.1, -0.05) is 0 Å². The smallest absolute Gasteiger partial charge is 0.303 e. The quantitative estimate of drug-likeness (QED) is 0.492. The van der Waals surface area contributed by atoms with Crippen LogP contribution < -0.4 is 11.5 Å². The topological polar surface area (TPSA) is 127 Å². The lowest BCUT2D eigenvalue weighted by Crippen LogP contribution is -2.35. The monoisotopic (exact) mass is 234 g/mol. The maximum absolute atomic E-state index is 9.90. The Morgan fingerprint density at radius 2 is 1.19 bits per heavy atom. The van der Waals surface area contributed by atoms with Crippen molar-refractivity contribution in [3.8, 4) is 0 Å². The Morgan fingerprint density at radius 1 is 0.938 bits per heavy atom. The third-order valence-electron chi connectivity index (χ3n) is 1.86. The van der Waals surface area contributed by atoms with E-state index in [2.05, 4.69) is 0 Å². The molecule has 0 aliphatic rings. The summed E-state index contributed by atoms with van der Waals surface area (Å²) in [5.74, 6) is -1.74. The molecule has 6 nitrogen and oxygen atoms in total. The molecular formula is C10H22N2O4. The Hall–Kier alpha value is -1.14. The molecule has 0 heterocycles. The van der Waals surface area contributed by atoms with Crippen molar-refractivity contribution in [2.24, 2.45) is 11.5 Å². The average Bonchev–Trinajstić information content (AvgIpc) is 2.12. The summed E-state index contributed by atoms with van der Waals surface area (Å²) in [7, 11) is 0. The van der Waals surface area contributed by atoms with Crippen molar-refractivity contribution in [1.29, 1.82) is 0 Å². The predicted octanol–water partition coefficient (Wildman–Crippen LogP) is 0.397. The van der Waals surface area contributed by atoms with Crippen LogP contribution in [0.15, 0.2) is 0 Å². The largest absolute Gasteiger partial charge is 0.481 e. The van der Waals surface area contributed by atoms with Crippen molar-refractivity contribution in [3.63, 3.8) is 0 Å². The first-order valence-electron chi connectivity index (χ1n) is 5.22. The van der Waals surface area contributed by atoms with Crippen molar-refractivity contribution in [1.82, 2.24) is 0 Å². The van der Waals surface area contributed by atoms with Gasteiger partial charge in [-0.2, -0.15) is 0 Å². The first kappa shape index (κ1) is 17.3. The SMILES string of the molecule is CC(N)C(C)N.O=C(O)CCCCC(=O)O. The molecule has 0 rings (SSSR count). The summed E-state index contributed by atoms with van der Waals surface area (Å²) < 4.78 is 0. The highest BCUT2D eigenvalue weighted by Crippen LogP contribution is 1.98. The lowest BCUT2D eigenvalue weighted by molar-refractivity contribution is -0.139. The molecule has 0 aromatic heterocycles. The third kappa shape index (κ3) is 18.6. The Labute approximate surface area is 95.6 Å². The second-order valence-corrected chi connectivity index (χ2v) is 3.71. The molecule has 0 saturated carbocycles. The van der Waals surface area contributed by atoms with Gasteiger partial charge in [0.1, 0.15) is 0 Å². The fourth-order valence-electron chi connectivity index (χ4n) is 0.552. The summed E-state index contributed by atoms with van der Waals surface area (Å²) in [4.78, 5) is 19.8. The first-order valence-corrected chi connectivity index (χ1v) is 5.22. The Bertz CT molecular complexity index is 183. The van der Waals surface area contributed by atoms with Gasteiger partial charge in [0.05, 0.1) is 0 Å². The van der Waals surface area contributed by atoms with Crippen LogP contribution in [0.2, 0.25) is 0 Å². The zero-order valence-electron chi connectivity index (χ0n) is 9.85. The second-order valence-electron chi connectivity index (χ2n) is 3.71. The molecule has 16 heavy (non-hydrogen) atoms. The Kier molecular flexibility index (Phi) is 11.2. The zero-order chi connectivity index (χ0) is 13.1. The van der Waals surface area contributed by atoms with Gasteiger partial charge in [0, 0.05) is 24.9 Å². The van der Waals surface area contributed by atoms with Gasteiger partial charge in [-0.3, -0.25) is 9.59 Å². The maximum atomic E-state index is 9.90. The zero-order valence-corrected chi connectivity index (χ0v) is 9.85. The van der Waals surface area contributed by atoms with Crippen LogP contribution in [0.4, 0.5) is 0 Å². The van der Waals surface area contributed by atoms with Crippen molar-refractivity contribution < 1.29 is 19.8 Å². The van der Waals surface area contributed by atoms with E-state index < -0.39 is 11.9 Å². The van der Waals surface area contributed by atoms with Crippen LogP contribution in [-0.4, -0.2) is 34.2 Å². The summed E-state index contributed by atoms with van der Waals surface area (Å²) in [6.07, 6.45) is 1.02. The minimum absolute atomic E-state index is 0.0628. The second kappa shape index (κ2) is 10.4. The van der Waals surface area contributed by atoms with E-state index >= 15 is 0 Å². The van der Waals surface area contributed by atoms with Gasteiger partial charge in [0.2, 0.25) is 0 Å². The average molecular weight is 234 g/mol. The van der Waals surface area contributed by atoms with Crippen LogP contribution in [-0.2, 0) is 9.59 Å². The van der Waals surface area contributed by atoms with Crippen LogP contribution in [0, 0.1) is 0 Å². The van der Waals surface area contributed by atoms with Gasteiger partial charge in [0.25, 0.3) is 0 Å². The molecule has 0 amide bonds. The summed E-state index contributed by atoms with van der Waals surface area (Å²) in [5.41, 5.74) is 10.6. The molecule has 0 aromatic carbocycles. The van der Waals surface area contributed by atoms with E-state index in [1.807, 2.05) is 13.8 Å². The van der Waals surface area contributed by atoms with Crippen molar-refractivity contribution in [3.05, 3.63) is 0 Å². The van der Waals surface area contributed by atoms with Gasteiger partial charge >= 0.3 is 11.9 Å². The molecule has 2 unspecified atom stereocenters. The number of unbranched alkanes of at least 4 members (excludes halogenated alkanes) is 1. The molecule has 0 aliphatic heterocycles. The molecule has 6 N–H and O–H groups in total. The molecule has 96 valence electrons. The Morgan fingerprint density at radius 3 is 1.31 bits per heavy atom. The molecule has 0 bridgehead atoms. The van der Waals surface area contributed by atoms with Gasteiger partial charge in [-0.05, 0) is 26.7 Å². The first-order chi connectivity index (χ1) is 7.27. The number of nitrogens with two attached hydrogens (primary N) is 2. The van der Waals surface area contributed by atoms with Crippen LogP contribution in [0.5, 0.6) is 0 Å². The molecule has 0 radical (unpaired) electrons. The highest BCUT2D eigenvalue weighted by atomic mass is 16.4. The van der Waals surface area contributed by atoms with E-state index in [0.717, 1.165) is 0 Å². The van der Waals surface area contributed by atoms with Crippen LogP contribution >= 0.6 is 0 Å². The Balaban J connectivity index is 0. The molecule has 0 saturated heterocycles. The van der Waals surface area contributed by atoms with Gasteiger partial charge in [-0.15, -0.1) is 0 Å². The van der Waals surface area contributed by atoms with Crippen LogP contribution in [0.1, 0.15) is 39.5 Å². The lowest BCUT2D eigenvalue weighted by atomic mass is 10.2. The minimum atomic E-state index is -0.870. The summed E-state index contributed by atoms with van der Waals surface area (Å²) in [6.45, 7) is 3.79. The number of hydrogen-bond donors (Lipinski definition) is 4. The van der Waals surface area contributed by atoms with E-state index in [9.17, 15) is 9.59 Å². The van der Waals surface area contributed by atoms with E-state index in [4.69, 9.17) is 21.7 Å². The highest BCUT2D eigenvalue weighted by molar-refractivity contribution is 5.67. The lowest BCUT2D eigenvalue weighted by Gasteiger charge is -2.06. The van der Waals surface area contributed by atoms with E-state index in [1.165, 1.54) is 0 Å². The molecule has 0 aromatic rings. The van der Waals surface area contributed by atoms with E-state index in [-0.39, 0.29) is 24.9 Å². The maximum Gasteiger partial charge on any atom is 0.303 e. The molecule has 0 fully saturated rings. The minimum Gasteiger partial charge on any atom is -0.481 e. The van der Waals surface area contributed by atoms with E-state index in [0.29, 0.717) is 12.8 Å². The third-order valence-corrected chi connectivity index (χ3v) is 1.86. The van der Waals surface area contributed by atoms with Crippen LogP contribution in [0.25, 0.3) is 0 Å². The molecule has 2 atom stereocenters. The van der Waals surface area contributed by atoms with Gasteiger partial charge in [0.15, 0.2) is 0 Å². The summed E-state index contributed by atoms with van der Waals surface area (Å²) in [5, 5.41) is 16.3. The fourth-order valence-corrected chi connectivity index (χ4v) is 0.552. The van der Waals surface area contributed by atoms with Crippen molar-refractivity contribution >= 4 is 11.9 Å². The number of aliphatic carboxylic acids is 2. The number of carboxylic acids is 2. The van der Waals surface area contributed by atoms with Gasteiger partial charge < -0.3 is 21.7 Å². The number of rotatable bonds is 6. The standard InChI is InChI=1S/C6H10O4.C4H12N2/c7-5(8)3-1-2-4-6(9)10;1-3(5)4(2)6/h1-4H2,(H,7,8)(H,9,10);3-4H,5-6H2,1-2H3. The number of carbonyl (C=O) groups is 2. The number of hydrogen-bond acceptors (Lipinski definition) is 4. The highest BCUT2D eigenvalue weighted by Gasteiger charge is 1.99. The molecule has 0 aliphatic carbocycles. The van der Waals surface area contributed by atoms with Crippen LogP contribution in [0.3, 0.4) is 0 Å². The van der Waals surface area contributed by atoms with E-state index in [1.54, 1.807) is 0 Å². The normalized spacial score (nSPS) is 13.2.